The highest BCUT2D eigenvalue weighted by molar-refractivity contribution is 6.32. The minimum atomic E-state index is -0.585. The fraction of sp³-hybridized carbons (Fsp3) is 0.0769. The topological polar surface area (TPSA) is 35.2 Å². The molecule has 18 heavy (non-hydrogen) atoms. The molecule has 2 rings (SSSR count). The summed E-state index contributed by atoms with van der Waals surface area (Å²) in [6.07, 6.45) is 0. The Morgan fingerprint density at radius 2 is 1.89 bits per heavy atom. The molecule has 2 nitrogen and oxygen atoms in total. The molecule has 0 unspecified atom stereocenters. The number of nitrogen functional groups attached to an aromatic ring is 1. The van der Waals surface area contributed by atoms with Crippen molar-refractivity contribution in [3.63, 3.8) is 0 Å². The molecule has 2 aromatic carbocycles. The van der Waals surface area contributed by atoms with E-state index in [1.54, 1.807) is 6.07 Å². The first-order valence-electron chi connectivity index (χ1n) is 5.18. The van der Waals surface area contributed by atoms with Gasteiger partial charge in [0, 0.05) is 11.3 Å². The van der Waals surface area contributed by atoms with E-state index < -0.39 is 11.6 Å². The summed E-state index contributed by atoms with van der Waals surface area (Å²) in [5, 5.41) is 0.144. The van der Waals surface area contributed by atoms with Crippen LogP contribution < -0.4 is 10.5 Å². The summed E-state index contributed by atoms with van der Waals surface area (Å²) in [7, 11) is 0. The van der Waals surface area contributed by atoms with Crippen molar-refractivity contribution in [3.8, 4) is 5.75 Å². The van der Waals surface area contributed by atoms with Gasteiger partial charge in [0.2, 0.25) is 0 Å². The van der Waals surface area contributed by atoms with Gasteiger partial charge in [-0.1, -0.05) is 23.7 Å². The summed E-state index contributed by atoms with van der Waals surface area (Å²) in [6.45, 7) is -0.118. The molecular formula is C13H10ClF2NO. The fourth-order valence-electron chi connectivity index (χ4n) is 1.45. The number of para-hydroxylation sites is 1. The van der Waals surface area contributed by atoms with Crippen molar-refractivity contribution >= 4 is 17.3 Å². The lowest BCUT2D eigenvalue weighted by Crippen LogP contribution is -2.01. The molecule has 5 heteroatoms. The summed E-state index contributed by atoms with van der Waals surface area (Å²) >= 11 is 5.78. The zero-order valence-electron chi connectivity index (χ0n) is 9.29. The van der Waals surface area contributed by atoms with Crippen molar-refractivity contribution in [2.75, 3.05) is 5.73 Å². The second-order valence-electron chi connectivity index (χ2n) is 3.69. The summed E-state index contributed by atoms with van der Waals surface area (Å²) in [5.41, 5.74) is 6.02. The van der Waals surface area contributed by atoms with Gasteiger partial charge in [0.05, 0.1) is 5.02 Å². The average molecular weight is 270 g/mol. The summed E-state index contributed by atoms with van der Waals surface area (Å²) < 4.78 is 32.0. The summed E-state index contributed by atoms with van der Waals surface area (Å²) in [6, 6.07) is 8.40. The first-order valence-corrected chi connectivity index (χ1v) is 5.56. The molecule has 2 aromatic rings. The zero-order valence-corrected chi connectivity index (χ0v) is 10.0. The van der Waals surface area contributed by atoms with Crippen LogP contribution in [0.5, 0.6) is 5.75 Å². The van der Waals surface area contributed by atoms with Crippen molar-refractivity contribution in [3.05, 3.63) is 58.6 Å². The van der Waals surface area contributed by atoms with Gasteiger partial charge < -0.3 is 10.5 Å². The Bertz CT molecular complexity index is 555. The average Bonchev–Trinajstić information content (AvgIpc) is 2.31. The van der Waals surface area contributed by atoms with Crippen LogP contribution in [-0.2, 0) is 6.61 Å². The highest BCUT2D eigenvalue weighted by Crippen LogP contribution is 2.28. The van der Waals surface area contributed by atoms with Gasteiger partial charge in [0.15, 0.2) is 11.6 Å². The van der Waals surface area contributed by atoms with Crippen molar-refractivity contribution in [1.82, 2.24) is 0 Å². The molecule has 0 amide bonds. The normalized spacial score (nSPS) is 10.4. The third kappa shape index (κ3) is 2.71. The van der Waals surface area contributed by atoms with Crippen LogP contribution in [0.1, 0.15) is 5.56 Å². The second kappa shape index (κ2) is 5.23. The minimum Gasteiger partial charge on any atom is -0.484 e. The fourth-order valence-corrected chi connectivity index (χ4v) is 1.67. The maximum Gasteiger partial charge on any atom is 0.174 e. The standard InChI is InChI=1S/C13H10ClF2NO/c14-10-2-1-3-11(15)13(10)18-7-8-4-5-9(17)6-12(8)16/h1-6H,7,17H2. The number of anilines is 1. The van der Waals surface area contributed by atoms with E-state index in [4.69, 9.17) is 22.1 Å². The highest BCUT2D eigenvalue weighted by atomic mass is 35.5. The van der Waals surface area contributed by atoms with Crippen LogP contribution >= 0.6 is 11.6 Å². The Morgan fingerprint density at radius 1 is 1.11 bits per heavy atom. The van der Waals surface area contributed by atoms with Crippen molar-refractivity contribution in [2.24, 2.45) is 0 Å². The zero-order chi connectivity index (χ0) is 13.1. The molecule has 0 aromatic heterocycles. The van der Waals surface area contributed by atoms with Crippen molar-refractivity contribution in [1.29, 1.82) is 0 Å². The molecule has 0 bridgehead atoms. The van der Waals surface area contributed by atoms with E-state index >= 15 is 0 Å². The Labute approximate surface area is 108 Å². The molecule has 0 saturated heterocycles. The first-order chi connectivity index (χ1) is 8.58. The van der Waals surface area contributed by atoms with Crippen LogP contribution in [0.25, 0.3) is 0 Å². The van der Waals surface area contributed by atoms with Crippen molar-refractivity contribution in [2.45, 2.75) is 6.61 Å². The maximum atomic E-state index is 13.5. The first kappa shape index (κ1) is 12.6. The van der Waals surface area contributed by atoms with E-state index in [0.29, 0.717) is 5.69 Å². The molecule has 0 aliphatic carbocycles. The number of hydrogen-bond acceptors (Lipinski definition) is 2. The smallest absolute Gasteiger partial charge is 0.174 e. The number of ether oxygens (including phenoxy) is 1. The van der Waals surface area contributed by atoms with Gasteiger partial charge in [-0.3, -0.25) is 0 Å². The number of hydrogen-bond donors (Lipinski definition) is 1. The van der Waals surface area contributed by atoms with E-state index in [9.17, 15) is 8.78 Å². The molecule has 0 heterocycles. The van der Waals surface area contributed by atoms with Crippen molar-refractivity contribution < 1.29 is 13.5 Å². The Morgan fingerprint density at radius 3 is 2.56 bits per heavy atom. The molecule has 2 N–H and O–H groups in total. The molecule has 0 saturated carbocycles. The molecule has 0 aliphatic heterocycles. The largest absolute Gasteiger partial charge is 0.484 e. The third-order valence-corrected chi connectivity index (χ3v) is 2.67. The predicted octanol–water partition coefficient (Wildman–Crippen LogP) is 3.78. The Balaban J connectivity index is 2.16. The third-order valence-electron chi connectivity index (χ3n) is 2.37. The van der Waals surface area contributed by atoms with E-state index in [2.05, 4.69) is 0 Å². The van der Waals surface area contributed by atoms with Crippen LogP contribution in [0.15, 0.2) is 36.4 Å². The van der Waals surface area contributed by atoms with Gasteiger partial charge in [-0.25, -0.2) is 8.78 Å². The summed E-state index contributed by atoms with van der Waals surface area (Å²) in [5.74, 6) is -1.17. The van der Waals surface area contributed by atoms with Crippen LogP contribution in [0.4, 0.5) is 14.5 Å². The van der Waals surface area contributed by atoms with E-state index in [-0.39, 0.29) is 22.9 Å². The molecule has 0 radical (unpaired) electrons. The van der Waals surface area contributed by atoms with Gasteiger partial charge in [0.1, 0.15) is 12.4 Å². The number of rotatable bonds is 3. The molecule has 0 atom stereocenters. The van der Waals surface area contributed by atoms with Gasteiger partial charge in [-0.15, -0.1) is 0 Å². The molecule has 94 valence electrons. The van der Waals surface area contributed by atoms with Gasteiger partial charge in [-0.05, 0) is 24.3 Å². The lowest BCUT2D eigenvalue weighted by atomic mass is 10.2. The lowest BCUT2D eigenvalue weighted by molar-refractivity contribution is 0.285. The van der Waals surface area contributed by atoms with E-state index in [0.717, 1.165) is 0 Å². The van der Waals surface area contributed by atoms with Crippen LogP contribution in [0.2, 0.25) is 5.02 Å². The van der Waals surface area contributed by atoms with Crippen LogP contribution in [0.3, 0.4) is 0 Å². The molecule has 0 spiro atoms. The Kier molecular flexibility index (Phi) is 3.67. The molecular weight excluding hydrogens is 260 g/mol. The van der Waals surface area contributed by atoms with Gasteiger partial charge in [0.25, 0.3) is 0 Å². The molecule has 0 fully saturated rings. The second-order valence-corrected chi connectivity index (χ2v) is 4.10. The van der Waals surface area contributed by atoms with Crippen LogP contribution in [0, 0.1) is 11.6 Å². The SMILES string of the molecule is Nc1ccc(COc2c(F)cccc2Cl)c(F)c1. The minimum absolute atomic E-state index is 0.0876. The highest BCUT2D eigenvalue weighted by Gasteiger charge is 2.10. The number of halogens is 3. The van der Waals surface area contributed by atoms with Crippen LogP contribution in [-0.4, -0.2) is 0 Å². The summed E-state index contributed by atoms with van der Waals surface area (Å²) in [4.78, 5) is 0. The monoisotopic (exact) mass is 269 g/mol. The molecule has 0 aliphatic rings. The maximum absolute atomic E-state index is 13.5. The Hall–Kier alpha value is -1.81. The predicted molar refractivity (Wildman–Crippen MR) is 66.6 cm³/mol. The quantitative estimate of drug-likeness (QED) is 0.861. The van der Waals surface area contributed by atoms with Gasteiger partial charge >= 0.3 is 0 Å². The number of benzene rings is 2. The lowest BCUT2D eigenvalue weighted by Gasteiger charge is -2.09. The van der Waals surface area contributed by atoms with E-state index in [1.807, 2.05) is 0 Å². The number of nitrogens with two attached hydrogens (primary N) is 1. The van der Waals surface area contributed by atoms with Gasteiger partial charge in [-0.2, -0.15) is 0 Å². The van der Waals surface area contributed by atoms with E-state index in [1.165, 1.54) is 30.3 Å².